The Labute approximate surface area is 139 Å². The molecule has 0 heterocycles. The molecule has 0 bridgehead atoms. The van der Waals surface area contributed by atoms with Gasteiger partial charge in [-0.1, -0.05) is 41.9 Å². The number of hydrogen-bond donors (Lipinski definition) is 1. The van der Waals surface area contributed by atoms with Crippen molar-refractivity contribution in [3.05, 3.63) is 64.7 Å². The van der Waals surface area contributed by atoms with Gasteiger partial charge in [0.2, 0.25) is 0 Å². The lowest BCUT2D eigenvalue weighted by Gasteiger charge is -2.11. The summed E-state index contributed by atoms with van der Waals surface area (Å²) in [4.78, 5) is 23.4. The van der Waals surface area contributed by atoms with Crippen molar-refractivity contribution in [2.24, 2.45) is 5.73 Å². The molecule has 0 fully saturated rings. The van der Waals surface area contributed by atoms with Crippen LogP contribution < -0.4 is 10.5 Å². The van der Waals surface area contributed by atoms with E-state index in [0.717, 1.165) is 5.56 Å². The van der Waals surface area contributed by atoms with Gasteiger partial charge in [0.25, 0.3) is 0 Å². The van der Waals surface area contributed by atoms with Crippen LogP contribution >= 0.6 is 11.6 Å². The van der Waals surface area contributed by atoms with Crippen LogP contribution in [0.1, 0.15) is 15.9 Å². The molecule has 0 spiro atoms. The molecule has 0 amide bonds. The number of carbonyl (C=O) groups is 2. The molecule has 2 N–H and O–H groups in total. The van der Waals surface area contributed by atoms with Crippen LogP contribution in [0.2, 0.25) is 5.02 Å². The van der Waals surface area contributed by atoms with Crippen LogP contribution in [0.15, 0.2) is 48.5 Å². The number of hydrogen-bond acceptors (Lipinski definition) is 5. The van der Waals surface area contributed by atoms with Crippen LogP contribution in [0.5, 0.6) is 5.75 Å². The minimum absolute atomic E-state index is 0.222. The number of rotatable bonds is 6. The van der Waals surface area contributed by atoms with Crippen molar-refractivity contribution < 1.29 is 19.1 Å². The molecule has 0 saturated carbocycles. The first-order valence-electron chi connectivity index (χ1n) is 6.87. The Kier molecular flexibility index (Phi) is 5.73. The van der Waals surface area contributed by atoms with Crippen LogP contribution in [-0.4, -0.2) is 24.9 Å². The molecule has 0 aliphatic carbocycles. The smallest absolute Gasteiger partial charge is 0.330 e. The van der Waals surface area contributed by atoms with Gasteiger partial charge in [0.15, 0.2) is 11.8 Å². The van der Waals surface area contributed by atoms with Crippen molar-refractivity contribution in [3.8, 4) is 5.75 Å². The number of nitrogens with two attached hydrogens (primary N) is 1. The molecule has 2 aromatic carbocycles. The maximum absolute atomic E-state index is 12.1. The summed E-state index contributed by atoms with van der Waals surface area (Å²) in [5.41, 5.74) is 6.75. The average molecular weight is 334 g/mol. The minimum atomic E-state index is -1.37. The Morgan fingerprint density at radius 2 is 1.87 bits per heavy atom. The van der Waals surface area contributed by atoms with Gasteiger partial charge in [-0.2, -0.15) is 0 Å². The highest BCUT2D eigenvalue weighted by Gasteiger charge is 2.24. The molecule has 0 radical (unpaired) electrons. The van der Waals surface area contributed by atoms with Gasteiger partial charge in [0.05, 0.1) is 12.1 Å². The van der Waals surface area contributed by atoms with Gasteiger partial charge in [-0.05, 0) is 23.8 Å². The summed E-state index contributed by atoms with van der Waals surface area (Å²) in [7, 11) is 1.17. The predicted molar refractivity (Wildman–Crippen MR) is 86.5 cm³/mol. The van der Waals surface area contributed by atoms with E-state index in [1.54, 1.807) is 6.07 Å². The minimum Gasteiger partial charge on any atom is -0.487 e. The standard InChI is InChI=1S/C17H16ClNO4/c1-22-17(21)15(19)16(20)12-7-8-14(13(18)9-12)23-10-11-5-3-2-4-6-11/h2-9,15H,10,19H2,1H3/t15-/m0/s1. The predicted octanol–water partition coefficient (Wildman–Crippen LogP) is 2.60. The van der Waals surface area contributed by atoms with Crippen LogP contribution in [0.25, 0.3) is 0 Å². The summed E-state index contributed by atoms with van der Waals surface area (Å²) >= 11 is 6.12. The summed E-state index contributed by atoms with van der Waals surface area (Å²) in [6.07, 6.45) is 0. The fourth-order valence-electron chi connectivity index (χ4n) is 1.92. The molecule has 120 valence electrons. The molecule has 1 atom stereocenters. The van der Waals surface area contributed by atoms with Gasteiger partial charge in [0.1, 0.15) is 12.4 Å². The lowest BCUT2D eigenvalue weighted by atomic mass is 10.0. The SMILES string of the molecule is COC(=O)[C@@H](N)C(=O)c1ccc(OCc2ccccc2)c(Cl)c1. The van der Waals surface area contributed by atoms with Gasteiger partial charge in [-0.3, -0.25) is 4.79 Å². The highest BCUT2D eigenvalue weighted by molar-refractivity contribution is 6.32. The van der Waals surface area contributed by atoms with E-state index in [0.29, 0.717) is 12.4 Å². The molecule has 5 nitrogen and oxygen atoms in total. The summed E-state index contributed by atoms with van der Waals surface area (Å²) in [5.74, 6) is -0.914. The summed E-state index contributed by atoms with van der Waals surface area (Å²) in [6, 6.07) is 12.7. The number of carbonyl (C=O) groups excluding carboxylic acids is 2. The molecular weight excluding hydrogens is 318 g/mol. The van der Waals surface area contributed by atoms with Gasteiger partial charge < -0.3 is 15.2 Å². The van der Waals surface area contributed by atoms with E-state index in [2.05, 4.69) is 4.74 Å². The lowest BCUT2D eigenvalue weighted by molar-refractivity contribution is -0.140. The zero-order valence-corrected chi connectivity index (χ0v) is 13.2. The van der Waals surface area contributed by atoms with Crippen molar-refractivity contribution in [1.29, 1.82) is 0 Å². The van der Waals surface area contributed by atoms with Crippen LogP contribution in [0, 0.1) is 0 Å². The van der Waals surface area contributed by atoms with Crippen LogP contribution in [0.3, 0.4) is 0 Å². The van der Waals surface area contributed by atoms with Crippen LogP contribution in [0.4, 0.5) is 0 Å². The summed E-state index contributed by atoms with van der Waals surface area (Å²) in [5, 5.41) is 0.267. The maximum atomic E-state index is 12.1. The van der Waals surface area contributed by atoms with Gasteiger partial charge in [-0.25, -0.2) is 4.79 Å². The van der Waals surface area contributed by atoms with Gasteiger partial charge in [-0.15, -0.1) is 0 Å². The molecule has 0 aliphatic rings. The molecule has 2 rings (SSSR count). The van der Waals surface area contributed by atoms with E-state index in [1.807, 2.05) is 30.3 Å². The first-order valence-corrected chi connectivity index (χ1v) is 7.24. The molecule has 0 unspecified atom stereocenters. The van der Waals surface area contributed by atoms with E-state index >= 15 is 0 Å². The number of ether oxygens (including phenoxy) is 2. The Morgan fingerprint density at radius 3 is 2.48 bits per heavy atom. The average Bonchev–Trinajstić information content (AvgIpc) is 2.59. The molecule has 0 aliphatic heterocycles. The monoisotopic (exact) mass is 333 g/mol. The van der Waals surface area contributed by atoms with Crippen molar-refractivity contribution in [2.75, 3.05) is 7.11 Å². The van der Waals surface area contributed by atoms with Gasteiger partial charge in [0, 0.05) is 5.56 Å². The van der Waals surface area contributed by atoms with E-state index in [-0.39, 0.29) is 10.6 Å². The highest BCUT2D eigenvalue weighted by atomic mass is 35.5. The lowest BCUT2D eigenvalue weighted by Crippen LogP contribution is -2.39. The number of Topliss-reactive ketones (excluding diaryl/α,β-unsaturated/α-hetero) is 1. The zero-order valence-electron chi connectivity index (χ0n) is 12.5. The molecule has 6 heteroatoms. The second-order valence-electron chi connectivity index (χ2n) is 4.78. The number of esters is 1. The third-order valence-corrected chi connectivity index (χ3v) is 3.49. The quantitative estimate of drug-likeness (QED) is 0.499. The van der Waals surface area contributed by atoms with Crippen molar-refractivity contribution in [3.63, 3.8) is 0 Å². The topological polar surface area (TPSA) is 78.6 Å². The first-order chi connectivity index (χ1) is 11.0. The number of methoxy groups -OCH3 is 1. The summed E-state index contributed by atoms with van der Waals surface area (Å²) in [6.45, 7) is 0.357. The van der Waals surface area contributed by atoms with Crippen molar-refractivity contribution in [1.82, 2.24) is 0 Å². The van der Waals surface area contributed by atoms with Crippen LogP contribution in [-0.2, 0) is 16.1 Å². The van der Waals surface area contributed by atoms with E-state index in [4.69, 9.17) is 22.1 Å². The molecule has 0 saturated heterocycles. The number of halogens is 1. The molecule has 23 heavy (non-hydrogen) atoms. The summed E-state index contributed by atoms with van der Waals surface area (Å²) < 4.78 is 10.1. The van der Waals surface area contributed by atoms with E-state index in [1.165, 1.54) is 19.2 Å². The third kappa shape index (κ3) is 4.31. The number of benzene rings is 2. The van der Waals surface area contributed by atoms with E-state index < -0.39 is 17.8 Å². The Hall–Kier alpha value is -2.37. The Morgan fingerprint density at radius 1 is 1.17 bits per heavy atom. The Bertz CT molecular complexity index is 703. The zero-order chi connectivity index (χ0) is 16.8. The van der Waals surface area contributed by atoms with Crippen molar-refractivity contribution in [2.45, 2.75) is 12.6 Å². The third-order valence-electron chi connectivity index (χ3n) is 3.19. The molecule has 0 aromatic heterocycles. The largest absolute Gasteiger partial charge is 0.487 e. The molecular formula is C17H16ClNO4. The Balaban J connectivity index is 2.08. The molecule has 2 aromatic rings. The fraction of sp³-hybridized carbons (Fsp3) is 0.176. The highest BCUT2D eigenvalue weighted by Crippen LogP contribution is 2.26. The van der Waals surface area contributed by atoms with Gasteiger partial charge >= 0.3 is 5.97 Å². The first kappa shape index (κ1) is 17.0. The normalized spacial score (nSPS) is 11.6. The van der Waals surface area contributed by atoms with E-state index in [9.17, 15) is 9.59 Å². The number of ketones is 1. The maximum Gasteiger partial charge on any atom is 0.330 e. The second-order valence-corrected chi connectivity index (χ2v) is 5.19. The fourth-order valence-corrected chi connectivity index (χ4v) is 2.16. The van der Waals surface area contributed by atoms with Crippen molar-refractivity contribution >= 4 is 23.4 Å². The second kappa shape index (κ2) is 7.76.